The van der Waals surface area contributed by atoms with Gasteiger partial charge >= 0.3 is 0 Å². The van der Waals surface area contributed by atoms with Gasteiger partial charge in [-0.25, -0.2) is 0 Å². The molecule has 1 aromatic rings. The zero-order valence-corrected chi connectivity index (χ0v) is 15.2. The van der Waals surface area contributed by atoms with Gasteiger partial charge in [0.05, 0.1) is 25.7 Å². The molecule has 140 valence electrons. The van der Waals surface area contributed by atoms with Gasteiger partial charge in [0.1, 0.15) is 0 Å². The smallest absolute Gasteiger partial charge is 0.252 e. The normalized spacial score (nSPS) is 24.4. The van der Waals surface area contributed by atoms with Crippen molar-refractivity contribution in [1.29, 1.82) is 0 Å². The van der Waals surface area contributed by atoms with Crippen LogP contribution in [0.5, 0.6) is 0 Å². The van der Waals surface area contributed by atoms with Gasteiger partial charge in [0.2, 0.25) is 5.91 Å². The van der Waals surface area contributed by atoms with Gasteiger partial charge in [-0.05, 0) is 30.4 Å². The second kappa shape index (κ2) is 7.76. The van der Waals surface area contributed by atoms with Crippen LogP contribution in [0.1, 0.15) is 41.2 Å². The average Bonchev–Trinajstić information content (AvgIpc) is 2.99. The van der Waals surface area contributed by atoms with Crippen LogP contribution in [0.25, 0.3) is 0 Å². The lowest BCUT2D eigenvalue weighted by Gasteiger charge is -2.36. The summed E-state index contributed by atoms with van der Waals surface area (Å²) in [5.74, 6) is 0.753. The Labute approximate surface area is 154 Å². The number of nitrogens with zero attached hydrogens (tertiary/aromatic N) is 2. The minimum Gasteiger partial charge on any atom is -0.379 e. The number of benzene rings is 1. The second-order valence-electron chi connectivity index (χ2n) is 7.55. The number of carbonyl (C=O) groups excluding carboxylic acids is 2. The quantitative estimate of drug-likeness (QED) is 0.886. The van der Waals surface area contributed by atoms with E-state index in [1.807, 2.05) is 29.2 Å². The number of likely N-dealkylation sites (tertiary alicyclic amines) is 1. The Morgan fingerprint density at radius 2 is 1.85 bits per heavy atom. The molecule has 0 unspecified atom stereocenters. The third kappa shape index (κ3) is 3.76. The third-order valence-electron chi connectivity index (χ3n) is 5.85. The lowest BCUT2D eigenvalue weighted by atomic mass is 9.95. The monoisotopic (exact) mass is 357 g/mol. The van der Waals surface area contributed by atoms with Gasteiger partial charge in [-0.2, -0.15) is 0 Å². The number of rotatable bonds is 4. The Balaban J connectivity index is 1.27. The first-order valence-electron chi connectivity index (χ1n) is 9.68. The van der Waals surface area contributed by atoms with Crippen LogP contribution < -0.4 is 5.32 Å². The highest BCUT2D eigenvalue weighted by atomic mass is 16.5. The summed E-state index contributed by atoms with van der Waals surface area (Å²) in [6, 6.07) is 7.37. The van der Waals surface area contributed by atoms with Crippen molar-refractivity contribution in [1.82, 2.24) is 15.1 Å². The molecular formula is C20H27N3O3. The van der Waals surface area contributed by atoms with Crippen LogP contribution in [0.3, 0.4) is 0 Å². The van der Waals surface area contributed by atoms with Crippen LogP contribution in [-0.4, -0.2) is 67.6 Å². The molecule has 2 amide bonds. The molecule has 6 heteroatoms. The number of carbonyl (C=O) groups is 2. The number of ether oxygens (including phenoxy) is 1. The van der Waals surface area contributed by atoms with E-state index in [0.29, 0.717) is 17.9 Å². The van der Waals surface area contributed by atoms with E-state index in [4.69, 9.17) is 4.74 Å². The maximum absolute atomic E-state index is 12.7. The Kier molecular flexibility index (Phi) is 5.22. The largest absolute Gasteiger partial charge is 0.379 e. The van der Waals surface area contributed by atoms with Gasteiger partial charge in [0, 0.05) is 38.3 Å². The summed E-state index contributed by atoms with van der Waals surface area (Å²) in [6.07, 6.45) is 2.49. The molecule has 0 saturated carbocycles. The Morgan fingerprint density at radius 3 is 2.62 bits per heavy atom. The van der Waals surface area contributed by atoms with Crippen LogP contribution in [-0.2, 0) is 9.53 Å². The third-order valence-corrected chi connectivity index (χ3v) is 5.85. The van der Waals surface area contributed by atoms with Crippen LogP contribution in [0, 0.1) is 5.92 Å². The molecule has 26 heavy (non-hydrogen) atoms. The van der Waals surface area contributed by atoms with Crippen LogP contribution in [0.4, 0.5) is 0 Å². The van der Waals surface area contributed by atoms with E-state index >= 15 is 0 Å². The minimum absolute atomic E-state index is 0.0670. The van der Waals surface area contributed by atoms with Crippen molar-refractivity contribution in [2.75, 3.05) is 45.9 Å². The van der Waals surface area contributed by atoms with Gasteiger partial charge in [0.25, 0.3) is 5.91 Å². The zero-order valence-electron chi connectivity index (χ0n) is 15.2. The number of morpholine rings is 1. The summed E-state index contributed by atoms with van der Waals surface area (Å²) < 4.78 is 5.41. The molecule has 2 fully saturated rings. The van der Waals surface area contributed by atoms with Gasteiger partial charge in [-0.3, -0.25) is 14.5 Å². The lowest BCUT2D eigenvalue weighted by Crippen LogP contribution is -2.44. The maximum Gasteiger partial charge on any atom is 0.252 e. The van der Waals surface area contributed by atoms with E-state index in [2.05, 4.69) is 10.2 Å². The van der Waals surface area contributed by atoms with E-state index in [1.165, 1.54) is 0 Å². The number of hydrogen-bond acceptors (Lipinski definition) is 4. The van der Waals surface area contributed by atoms with Crippen molar-refractivity contribution in [2.45, 2.75) is 25.3 Å². The fraction of sp³-hybridized carbons (Fsp3) is 0.600. The van der Waals surface area contributed by atoms with Crippen molar-refractivity contribution in [3.8, 4) is 0 Å². The van der Waals surface area contributed by atoms with E-state index in [-0.39, 0.29) is 17.9 Å². The van der Waals surface area contributed by atoms with E-state index in [9.17, 15) is 9.59 Å². The van der Waals surface area contributed by atoms with Crippen LogP contribution >= 0.6 is 0 Å². The van der Waals surface area contributed by atoms with Crippen molar-refractivity contribution in [3.63, 3.8) is 0 Å². The number of hydrogen-bond donors (Lipinski definition) is 1. The highest BCUT2D eigenvalue weighted by Crippen LogP contribution is 2.29. The van der Waals surface area contributed by atoms with Gasteiger partial charge in [-0.1, -0.05) is 18.2 Å². The first-order valence-corrected chi connectivity index (χ1v) is 9.68. The molecule has 4 rings (SSSR count). The SMILES string of the molecule is O=C1N[C@H](CC(=O)N2CCC(CN3CCOCC3)CC2)c2ccccc21. The number of fused-ring (bicyclic) bond motifs is 1. The van der Waals surface area contributed by atoms with E-state index in [1.54, 1.807) is 0 Å². The van der Waals surface area contributed by atoms with Crippen molar-refractivity contribution in [3.05, 3.63) is 35.4 Å². The summed E-state index contributed by atoms with van der Waals surface area (Å²) >= 11 is 0. The maximum atomic E-state index is 12.7. The minimum atomic E-state index is -0.183. The summed E-state index contributed by atoms with van der Waals surface area (Å²) in [5, 5.41) is 2.95. The fourth-order valence-electron chi connectivity index (χ4n) is 4.30. The second-order valence-corrected chi connectivity index (χ2v) is 7.55. The highest BCUT2D eigenvalue weighted by molar-refractivity contribution is 5.99. The summed E-state index contributed by atoms with van der Waals surface area (Å²) in [7, 11) is 0. The Bertz CT molecular complexity index is 664. The molecule has 0 spiro atoms. The van der Waals surface area contributed by atoms with E-state index < -0.39 is 0 Å². The van der Waals surface area contributed by atoms with Gasteiger partial charge in [0.15, 0.2) is 0 Å². The first-order chi connectivity index (χ1) is 12.7. The summed E-state index contributed by atoms with van der Waals surface area (Å²) in [6.45, 7) is 6.52. The Morgan fingerprint density at radius 1 is 1.12 bits per heavy atom. The molecule has 1 aromatic carbocycles. The summed E-state index contributed by atoms with van der Waals surface area (Å²) in [5.41, 5.74) is 1.66. The van der Waals surface area contributed by atoms with E-state index in [0.717, 1.165) is 64.3 Å². The molecule has 6 nitrogen and oxygen atoms in total. The molecule has 1 N–H and O–H groups in total. The molecule has 1 atom stereocenters. The van der Waals surface area contributed by atoms with Crippen molar-refractivity contribution < 1.29 is 14.3 Å². The molecular weight excluding hydrogens is 330 g/mol. The molecule has 0 bridgehead atoms. The molecule has 3 aliphatic rings. The van der Waals surface area contributed by atoms with Gasteiger partial charge < -0.3 is 15.0 Å². The van der Waals surface area contributed by atoms with Crippen molar-refractivity contribution in [2.24, 2.45) is 5.92 Å². The number of amides is 2. The predicted octanol–water partition coefficient (Wildman–Crippen LogP) is 1.43. The molecule has 2 saturated heterocycles. The van der Waals surface area contributed by atoms with Crippen LogP contribution in [0.15, 0.2) is 24.3 Å². The molecule has 3 aliphatic heterocycles. The van der Waals surface area contributed by atoms with Crippen LogP contribution in [0.2, 0.25) is 0 Å². The topological polar surface area (TPSA) is 61.9 Å². The van der Waals surface area contributed by atoms with Gasteiger partial charge in [-0.15, -0.1) is 0 Å². The predicted molar refractivity (Wildman–Crippen MR) is 97.8 cm³/mol. The molecule has 0 aromatic heterocycles. The van der Waals surface area contributed by atoms with Crippen molar-refractivity contribution >= 4 is 11.8 Å². The zero-order chi connectivity index (χ0) is 17.9. The Hall–Kier alpha value is -1.92. The molecule has 0 radical (unpaired) electrons. The average molecular weight is 357 g/mol. The lowest BCUT2D eigenvalue weighted by molar-refractivity contribution is -0.133. The first kappa shape index (κ1) is 17.5. The fourth-order valence-corrected chi connectivity index (χ4v) is 4.30. The summed E-state index contributed by atoms with van der Waals surface area (Å²) in [4.78, 5) is 29.2. The number of piperidine rings is 1. The molecule has 0 aliphatic carbocycles. The number of nitrogens with one attached hydrogen (secondary N) is 1. The standard InChI is InChI=1S/C20H27N3O3/c24-19(13-18-16-3-1-2-4-17(16)20(25)21-18)23-7-5-15(6-8-23)14-22-9-11-26-12-10-22/h1-4,15,18H,5-14H2,(H,21,25)/t18-/m1/s1. The highest BCUT2D eigenvalue weighted by Gasteiger charge is 2.32. The molecule has 3 heterocycles.